The molecule has 0 radical (unpaired) electrons. The van der Waals surface area contributed by atoms with Gasteiger partial charge in [-0.25, -0.2) is 24.7 Å². The number of pyridine rings is 2. The Morgan fingerprint density at radius 2 is 1.10 bits per heavy atom. The van der Waals surface area contributed by atoms with Crippen molar-refractivity contribution in [2.45, 2.75) is 185 Å². The fourth-order valence-corrected chi connectivity index (χ4v) is 8.38. The van der Waals surface area contributed by atoms with E-state index in [0.717, 1.165) is 33.1 Å². The van der Waals surface area contributed by atoms with E-state index in [4.69, 9.17) is 39.8 Å². The molecule has 4 heterocycles. The molecule has 6 aromatic rings. The van der Waals surface area contributed by atoms with Crippen LogP contribution in [0, 0.1) is 17.8 Å². The first-order valence-electron chi connectivity index (χ1n) is 26.4. The molecule has 2 amide bonds. The zero-order chi connectivity index (χ0) is 57.8. The third-order valence-corrected chi connectivity index (χ3v) is 11.2. The van der Waals surface area contributed by atoms with E-state index >= 15 is 0 Å². The van der Waals surface area contributed by atoms with Gasteiger partial charge in [-0.2, -0.15) is 0 Å². The maximum absolute atomic E-state index is 13.5. The van der Waals surface area contributed by atoms with Gasteiger partial charge in [0.15, 0.2) is 11.6 Å². The third-order valence-electron chi connectivity index (χ3n) is 11.2. The van der Waals surface area contributed by atoms with Crippen LogP contribution in [0.15, 0.2) is 48.5 Å². The normalized spacial score (nSPS) is 13.0. The van der Waals surface area contributed by atoms with Gasteiger partial charge in [0, 0.05) is 24.0 Å². The maximum atomic E-state index is 13.5. The average Bonchev–Trinajstić information content (AvgIpc) is 3.83. The lowest BCUT2D eigenvalue weighted by molar-refractivity contribution is -0.160. The van der Waals surface area contributed by atoms with E-state index in [1.54, 1.807) is 69.2 Å². The number of nitrogens with two attached hydrogens (primary N) is 1. The molecular weight excluding hydrogens is 987 g/mol. The maximum Gasteiger partial charge on any atom is 0.408 e. The number of rotatable bonds is 20. The Labute approximate surface area is 452 Å². The van der Waals surface area contributed by atoms with Crippen molar-refractivity contribution < 1.29 is 53.4 Å². The number of carboxylic acid groups (broad SMARTS) is 1. The van der Waals surface area contributed by atoms with Crippen molar-refractivity contribution in [2.75, 3.05) is 24.3 Å². The number of hydrogen-bond acceptors (Lipinski definition) is 15. The number of imidazole rings is 2. The largest absolute Gasteiger partial charge is 0.481 e. The number of benzene rings is 2. The standard InChI is InChI=1S/C28H41N5O5.C17H22N4O2.C12H22O4/c1-9-37-15-21-31-22-23(33(21)16-28(7,8)36)18-12-10-11-13-19(18)29-24(22)32-25(34)20(14-17(2)3)30-26(35)38-27(4,5)6;1-4-23-9-13-20-14-15(21(13)10-17(2,3)22)11-7-5-6-8-12(11)19-16(14)18;1-8(2)6-9(11(14)15)7-10(13)16-12(3,4)5/h10-13,17,20,36H,9,14-16H2,1-8H3,(H,30,35)(H,29,32,34);5-8,22H,4,9-10H2,1-3H3,(H2,18,19);8-9H,6-7H2,1-5H3,(H,14,15)/t20-;;9-/m0.1/s1. The molecule has 424 valence electrons. The smallest absolute Gasteiger partial charge is 0.408 e. The molecule has 0 saturated carbocycles. The monoisotopic (exact) mass is 1070 g/mol. The van der Waals surface area contributed by atoms with E-state index < -0.39 is 58.3 Å². The van der Waals surface area contributed by atoms with E-state index in [2.05, 4.69) is 20.6 Å². The molecule has 77 heavy (non-hydrogen) atoms. The number of nitrogens with zero attached hydrogens (tertiary/aromatic N) is 6. The number of alkyl carbamates (subject to hydrolysis) is 1. The summed E-state index contributed by atoms with van der Waals surface area (Å²) in [4.78, 5) is 67.0. The van der Waals surface area contributed by atoms with Crippen LogP contribution in [0.2, 0.25) is 0 Å². The molecule has 0 saturated heterocycles. The fourth-order valence-electron chi connectivity index (χ4n) is 8.38. The van der Waals surface area contributed by atoms with Gasteiger partial charge < -0.3 is 59.8 Å². The summed E-state index contributed by atoms with van der Waals surface area (Å²) < 4.78 is 25.6. The van der Waals surface area contributed by atoms with E-state index in [0.29, 0.717) is 67.4 Å². The van der Waals surface area contributed by atoms with Crippen molar-refractivity contribution >= 4 is 79.4 Å². The molecule has 6 rings (SSSR count). The lowest BCUT2D eigenvalue weighted by Crippen LogP contribution is -2.46. The van der Waals surface area contributed by atoms with Gasteiger partial charge in [-0.3, -0.25) is 14.4 Å². The Balaban J connectivity index is 0.000000278. The molecule has 0 fully saturated rings. The molecule has 20 heteroatoms. The number of para-hydroxylation sites is 2. The van der Waals surface area contributed by atoms with Crippen molar-refractivity contribution in [3.63, 3.8) is 0 Å². The van der Waals surface area contributed by atoms with Crippen LogP contribution in [0.5, 0.6) is 0 Å². The van der Waals surface area contributed by atoms with Gasteiger partial charge in [0.1, 0.15) is 53.1 Å². The van der Waals surface area contributed by atoms with Crippen LogP contribution < -0.4 is 16.4 Å². The Kier molecular flexibility index (Phi) is 21.9. The summed E-state index contributed by atoms with van der Waals surface area (Å²) >= 11 is 0. The number of carbonyl (C=O) groups is 4. The summed E-state index contributed by atoms with van der Waals surface area (Å²) in [7, 11) is 0. The van der Waals surface area contributed by atoms with Gasteiger partial charge in [-0.05, 0) is 120 Å². The van der Waals surface area contributed by atoms with Crippen molar-refractivity contribution in [3.8, 4) is 0 Å². The molecule has 2 aromatic carbocycles. The summed E-state index contributed by atoms with van der Waals surface area (Å²) in [5.41, 5.74) is 7.20. The molecule has 0 spiro atoms. The minimum Gasteiger partial charge on any atom is -0.481 e. The Morgan fingerprint density at radius 1 is 0.649 bits per heavy atom. The van der Waals surface area contributed by atoms with Crippen LogP contribution in [-0.2, 0) is 59.6 Å². The second-order valence-electron chi connectivity index (χ2n) is 23.3. The quantitative estimate of drug-likeness (QED) is 0.0388. The molecule has 0 aliphatic heterocycles. The van der Waals surface area contributed by atoms with Crippen molar-refractivity contribution in [1.29, 1.82) is 0 Å². The molecule has 0 aliphatic rings. The summed E-state index contributed by atoms with van der Waals surface area (Å²) in [5.74, 6) is -0.0247. The Bertz CT molecular complexity index is 2960. The van der Waals surface area contributed by atoms with Crippen LogP contribution in [0.25, 0.3) is 43.9 Å². The summed E-state index contributed by atoms with van der Waals surface area (Å²) in [5, 5.41) is 37.4. The van der Waals surface area contributed by atoms with Crippen LogP contribution in [-0.4, -0.2) is 110 Å². The molecular formula is C57H85N9O11. The second-order valence-corrected chi connectivity index (χ2v) is 23.3. The van der Waals surface area contributed by atoms with Crippen LogP contribution in [0.1, 0.15) is 142 Å². The zero-order valence-corrected chi connectivity index (χ0v) is 48.2. The number of aliphatic carboxylic acids is 1. The van der Waals surface area contributed by atoms with Crippen LogP contribution in [0.3, 0.4) is 0 Å². The second kappa shape index (κ2) is 26.7. The summed E-state index contributed by atoms with van der Waals surface area (Å²) in [6.45, 7) is 31.6. The first-order chi connectivity index (χ1) is 35.7. The number of carboxylic acids is 1. The predicted octanol–water partition coefficient (Wildman–Crippen LogP) is 9.71. The number of aromatic nitrogens is 6. The van der Waals surface area contributed by atoms with E-state index in [1.807, 2.05) is 99.2 Å². The number of aliphatic hydroxyl groups is 2. The minimum atomic E-state index is -1.03. The van der Waals surface area contributed by atoms with E-state index in [1.165, 1.54) is 0 Å². The van der Waals surface area contributed by atoms with Gasteiger partial charge >= 0.3 is 18.0 Å². The van der Waals surface area contributed by atoms with Gasteiger partial charge in [0.2, 0.25) is 5.91 Å². The molecule has 2 atom stereocenters. The summed E-state index contributed by atoms with van der Waals surface area (Å²) in [6.07, 6.45) is 0.188. The molecule has 0 bridgehead atoms. The number of nitrogen functional groups attached to an aromatic ring is 1. The highest BCUT2D eigenvalue weighted by atomic mass is 16.6. The number of carbonyl (C=O) groups excluding carboxylic acids is 3. The number of hydrogen-bond donors (Lipinski definition) is 6. The predicted molar refractivity (Wildman–Crippen MR) is 300 cm³/mol. The highest BCUT2D eigenvalue weighted by Gasteiger charge is 2.30. The highest BCUT2D eigenvalue weighted by Crippen LogP contribution is 2.33. The zero-order valence-electron chi connectivity index (χ0n) is 48.2. The molecule has 4 aromatic heterocycles. The number of amides is 2. The lowest BCUT2D eigenvalue weighted by atomic mass is 9.94. The molecule has 0 unspecified atom stereocenters. The molecule has 0 aliphatic carbocycles. The number of fused-ring (bicyclic) bond motifs is 6. The number of ether oxygens (including phenoxy) is 4. The fraction of sp³-hybridized carbons (Fsp3) is 0.579. The Hall–Kier alpha value is -6.48. The first kappa shape index (κ1) is 63.1. The minimum absolute atomic E-state index is 0.0508. The first-order valence-corrected chi connectivity index (χ1v) is 26.4. The third kappa shape index (κ3) is 19.5. The summed E-state index contributed by atoms with van der Waals surface area (Å²) in [6, 6.07) is 14.6. The van der Waals surface area contributed by atoms with Crippen molar-refractivity contribution in [2.24, 2.45) is 17.8 Å². The SMILES string of the molecule is CC(C)C[C@H](CC(=O)OC(C)(C)C)C(=O)O.CCOCc1nc2c(N)nc3ccccc3c2n1CC(C)(C)O.CCOCc1nc2c(NC(=O)[C@H](CC(C)C)NC(=O)OC(C)(C)C)nc3ccccc3c2n1CC(C)(C)O. The lowest BCUT2D eigenvalue weighted by Gasteiger charge is -2.24. The number of esters is 1. The van der Waals surface area contributed by atoms with Crippen molar-refractivity contribution in [3.05, 3.63) is 60.2 Å². The topological polar surface area (TPSA) is 277 Å². The van der Waals surface area contributed by atoms with E-state index in [-0.39, 0.29) is 37.2 Å². The van der Waals surface area contributed by atoms with Crippen molar-refractivity contribution in [1.82, 2.24) is 34.4 Å². The molecule has 20 nitrogen and oxygen atoms in total. The average molecular weight is 1070 g/mol. The number of nitrogens with one attached hydrogen (secondary N) is 2. The van der Waals surface area contributed by atoms with Crippen LogP contribution >= 0.6 is 0 Å². The molecule has 7 N–H and O–H groups in total. The van der Waals surface area contributed by atoms with E-state index in [9.17, 15) is 29.4 Å². The van der Waals surface area contributed by atoms with Gasteiger partial charge in [0.25, 0.3) is 0 Å². The number of anilines is 2. The van der Waals surface area contributed by atoms with Crippen LogP contribution in [0.4, 0.5) is 16.4 Å². The van der Waals surface area contributed by atoms with Gasteiger partial charge in [0.05, 0.1) is 58.7 Å². The van der Waals surface area contributed by atoms with Gasteiger partial charge in [-0.15, -0.1) is 0 Å². The van der Waals surface area contributed by atoms with Gasteiger partial charge in [-0.1, -0.05) is 64.1 Å². The Morgan fingerprint density at radius 3 is 1.55 bits per heavy atom. The highest BCUT2D eigenvalue weighted by molar-refractivity contribution is 6.10.